The van der Waals surface area contributed by atoms with Crippen molar-refractivity contribution in [1.82, 2.24) is 15.1 Å². The highest BCUT2D eigenvalue weighted by Gasteiger charge is 2.21. The van der Waals surface area contributed by atoms with Crippen LogP contribution in [0, 0.1) is 5.92 Å². The van der Waals surface area contributed by atoms with Gasteiger partial charge in [0.2, 0.25) is 0 Å². The molecule has 0 bridgehead atoms. The van der Waals surface area contributed by atoms with Crippen LogP contribution in [0.5, 0.6) is 11.5 Å². The number of hydrogen-bond donors (Lipinski definition) is 1. The molecule has 1 atom stereocenters. The standard InChI is InChI=1S/C21H36N4O3/c1-22-21(25(4)11-12-28-15-16-7-8-16)23-14-18(24(2)3)17-9-10-19(26-5)20(13-17)27-6/h9-10,13,16,18H,7-8,11-12,14-15H2,1-6H3,(H,22,23). The zero-order valence-corrected chi connectivity index (χ0v) is 18.2. The van der Waals surface area contributed by atoms with E-state index < -0.39 is 0 Å². The summed E-state index contributed by atoms with van der Waals surface area (Å²) in [5, 5.41) is 3.48. The van der Waals surface area contributed by atoms with Gasteiger partial charge in [-0.1, -0.05) is 6.07 Å². The average Bonchev–Trinajstić information content (AvgIpc) is 3.52. The molecule has 2 rings (SSSR count). The molecule has 1 fully saturated rings. The molecule has 0 amide bonds. The summed E-state index contributed by atoms with van der Waals surface area (Å²) in [5.41, 5.74) is 1.15. The van der Waals surface area contributed by atoms with Gasteiger partial charge in [-0.3, -0.25) is 4.99 Å². The lowest BCUT2D eigenvalue weighted by Crippen LogP contribution is -2.43. The Balaban J connectivity index is 1.93. The molecule has 1 aromatic carbocycles. The number of hydrogen-bond acceptors (Lipinski definition) is 5. The molecule has 0 saturated heterocycles. The molecule has 1 saturated carbocycles. The van der Waals surface area contributed by atoms with Crippen molar-refractivity contribution >= 4 is 5.96 Å². The van der Waals surface area contributed by atoms with E-state index in [0.29, 0.717) is 0 Å². The summed E-state index contributed by atoms with van der Waals surface area (Å²) >= 11 is 0. The molecule has 7 heteroatoms. The first-order chi connectivity index (χ1) is 13.5. The Morgan fingerprint density at radius 1 is 1.18 bits per heavy atom. The van der Waals surface area contributed by atoms with Crippen molar-refractivity contribution in [2.75, 3.05) is 68.7 Å². The van der Waals surface area contributed by atoms with E-state index in [1.807, 2.05) is 26.2 Å². The molecular weight excluding hydrogens is 356 g/mol. The van der Waals surface area contributed by atoms with Gasteiger partial charge in [0.1, 0.15) is 0 Å². The van der Waals surface area contributed by atoms with Crippen molar-refractivity contribution < 1.29 is 14.2 Å². The minimum Gasteiger partial charge on any atom is -0.493 e. The maximum atomic E-state index is 5.74. The van der Waals surface area contributed by atoms with E-state index in [2.05, 4.69) is 40.3 Å². The van der Waals surface area contributed by atoms with Crippen LogP contribution < -0.4 is 14.8 Å². The fourth-order valence-electron chi connectivity index (χ4n) is 3.07. The number of benzene rings is 1. The molecule has 1 aliphatic rings. The van der Waals surface area contributed by atoms with Gasteiger partial charge >= 0.3 is 0 Å². The third-order valence-electron chi connectivity index (χ3n) is 5.06. The Morgan fingerprint density at radius 2 is 1.89 bits per heavy atom. The lowest BCUT2D eigenvalue weighted by atomic mass is 10.1. The molecule has 0 aliphatic heterocycles. The van der Waals surface area contributed by atoms with E-state index in [1.54, 1.807) is 14.2 Å². The predicted octanol–water partition coefficient (Wildman–Crippen LogP) is 2.24. The molecule has 0 heterocycles. The second-order valence-electron chi connectivity index (χ2n) is 7.46. The van der Waals surface area contributed by atoms with E-state index in [9.17, 15) is 0 Å². The second kappa shape index (κ2) is 11.1. The maximum absolute atomic E-state index is 5.74. The van der Waals surface area contributed by atoms with Gasteiger partial charge in [0.15, 0.2) is 17.5 Å². The summed E-state index contributed by atoms with van der Waals surface area (Å²) in [6.07, 6.45) is 2.64. The van der Waals surface area contributed by atoms with Crippen molar-refractivity contribution in [2.24, 2.45) is 10.9 Å². The van der Waals surface area contributed by atoms with Gasteiger partial charge in [-0.15, -0.1) is 0 Å². The molecule has 1 aliphatic carbocycles. The quantitative estimate of drug-likeness (QED) is 0.354. The van der Waals surface area contributed by atoms with E-state index in [0.717, 1.165) is 55.2 Å². The maximum Gasteiger partial charge on any atom is 0.193 e. The van der Waals surface area contributed by atoms with E-state index in [1.165, 1.54) is 12.8 Å². The first-order valence-electron chi connectivity index (χ1n) is 9.88. The molecule has 0 spiro atoms. The van der Waals surface area contributed by atoms with Crippen LogP contribution in [0.15, 0.2) is 23.2 Å². The minimum absolute atomic E-state index is 0.163. The number of guanidine groups is 1. The number of rotatable bonds is 11. The number of nitrogens with zero attached hydrogens (tertiary/aromatic N) is 3. The van der Waals surface area contributed by atoms with Crippen LogP contribution >= 0.6 is 0 Å². The van der Waals surface area contributed by atoms with Crippen LogP contribution in [0.25, 0.3) is 0 Å². The number of ether oxygens (including phenoxy) is 3. The third kappa shape index (κ3) is 6.56. The van der Waals surface area contributed by atoms with Gasteiger partial charge in [0, 0.05) is 33.8 Å². The van der Waals surface area contributed by atoms with Crippen molar-refractivity contribution in [3.63, 3.8) is 0 Å². The van der Waals surface area contributed by atoms with E-state index in [-0.39, 0.29) is 6.04 Å². The Bertz CT molecular complexity index is 632. The smallest absolute Gasteiger partial charge is 0.193 e. The average molecular weight is 393 g/mol. The van der Waals surface area contributed by atoms with Gasteiger partial charge < -0.3 is 29.3 Å². The fraction of sp³-hybridized carbons (Fsp3) is 0.667. The highest BCUT2D eigenvalue weighted by molar-refractivity contribution is 5.79. The summed E-state index contributed by atoms with van der Waals surface area (Å²) < 4.78 is 16.6. The SMILES string of the molecule is CN=C(NCC(c1ccc(OC)c(OC)c1)N(C)C)N(C)CCOCC1CC1. The van der Waals surface area contributed by atoms with Crippen LogP contribution in [0.3, 0.4) is 0 Å². The Hall–Kier alpha value is -1.99. The van der Waals surface area contributed by atoms with Gasteiger partial charge in [-0.05, 0) is 50.6 Å². The Kier molecular flexibility index (Phi) is 8.86. The monoisotopic (exact) mass is 392 g/mol. The predicted molar refractivity (Wildman–Crippen MR) is 114 cm³/mol. The number of nitrogens with one attached hydrogen (secondary N) is 1. The molecule has 28 heavy (non-hydrogen) atoms. The highest BCUT2D eigenvalue weighted by atomic mass is 16.5. The van der Waals surface area contributed by atoms with Gasteiger partial charge in [-0.25, -0.2) is 0 Å². The Labute approximate surface area is 169 Å². The van der Waals surface area contributed by atoms with Crippen LogP contribution in [0.1, 0.15) is 24.4 Å². The van der Waals surface area contributed by atoms with Gasteiger partial charge in [0.25, 0.3) is 0 Å². The Morgan fingerprint density at radius 3 is 2.46 bits per heavy atom. The summed E-state index contributed by atoms with van der Waals surface area (Å²) in [7, 11) is 11.3. The summed E-state index contributed by atoms with van der Waals surface area (Å²) in [4.78, 5) is 8.70. The van der Waals surface area contributed by atoms with Gasteiger partial charge in [0.05, 0.1) is 26.9 Å². The molecule has 158 valence electrons. The molecule has 1 N–H and O–H groups in total. The second-order valence-corrected chi connectivity index (χ2v) is 7.46. The van der Waals surface area contributed by atoms with Crippen molar-refractivity contribution in [3.8, 4) is 11.5 Å². The molecular formula is C21H36N4O3. The molecule has 0 radical (unpaired) electrons. The normalized spacial score (nSPS) is 15.5. The van der Waals surface area contributed by atoms with Crippen LogP contribution in [0.4, 0.5) is 0 Å². The summed E-state index contributed by atoms with van der Waals surface area (Å²) in [5.74, 6) is 3.13. The minimum atomic E-state index is 0.163. The van der Waals surface area contributed by atoms with Crippen LogP contribution in [-0.2, 0) is 4.74 Å². The van der Waals surface area contributed by atoms with E-state index in [4.69, 9.17) is 14.2 Å². The van der Waals surface area contributed by atoms with Crippen LogP contribution in [0.2, 0.25) is 0 Å². The van der Waals surface area contributed by atoms with Gasteiger partial charge in [-0.2, -0.15) is 0 Å². The first-order valence-corrected chi connectivity index (χ1v) is 9.88. The number of methoxy groups -OCH3 is 2. The molecule has 0 aromatic heterocycles. The van der Waals surface area contributed by atoms with Crippen molar-refractivity contribution in [2.45, 2.75) is 18.9 Å². The topological polar surface area (TPSA) is 58.6 Å². The third-order valence-corrected chi connectivity index (χ3v) is 5.06. The molecule has 1 unspecified atom stereocenters. The number of likely N-dealkylation sites (N-methyl/N-ethyl adjacent to an activating group) is 2. The molecule has 1 aromatic rings. The summed E-state index contributed by atoms with van der Waals surface area (Å²) in [6.45, 7) is 3.15. The first kappa shape index (κ1) is 22.3. The van der Waals surface area contributed by atoms with Crippen molar-refractivity contribution in [1.29, 1.82) is 0 Å². The van der Waals surface area contributed by atoms with Crippen LogP contribution in [-0.4, -0.2) is 84.5 Å². The zero-order chi connectivity index (χ0) is 20.5. The summed E-state index contributed by atoms with van der Waals surface area (Å²) in [6, 6.07) is 6.22. The highest BCUT2D eigenvalue weighted by Crippen LogP contribution is 2.31. The number of aliphatic imine (C=N–C) groups is 1. The lowest BCUT2D eigenvalue weighted by Gasteiger charge is -2.28. The largest absolute Gasteiger partial charge is 0.493 e. The molecule has 7 nitrogen and oxygen atoms in total. The zero-order valence-electron chi connectivity index (χ0n) is 18.2. The lowest BCUT2D eigenvalue weighted by molar-refractivity contribution is 0.115. The fourth-order valence-corrected chi connectivity index (χ4v) is 3.07. The van der Waals surface area contributed by atoms with Crippen molar-refractivity contribution in [3.05, 3.63) is 23.8 Å². The van der Waals surface area contributed by atoms with E-state index >= 15 is 0 Å².